The van der Waals surface area contributed by atoms with E-state index < -0.39 is 27.5 Å². The van der Waals surface area contributed by atoms with Crippen LogP contribution in [0.25, 0.3) is 0 Å². The molecule has 1 spiro atoms. The standard InChI is InChI=1S/C23H26FN3O6S/c1-31-19-4-2-3-17(15-19)9-12-25-22(28)32-21-16-23(33-26-21)10-13-27(14-11-23)34(29,30)20-7-5-18(24)6-8-20/h2-8,15-16,26H,9-14H2,1H3,(H,25,28). The lowest BCUT2D eigenvalue weighted by Crippen LogP contribution is -2.46. The molecule has 9 nitrogen and oxygen atoms in total. The predicted molar refractivity (Wildman–Crippen MR) is 121 cm³/mol. The van der Waals surface area contributed by atoms with Crippen molar-refractivity contribution >= 4 is 16.1 Å². The molecule has 1 amide bonds. The highest BCUT2D eigenvalue weighted by molar-refractivity contribution is 7.89. The summed E-state index contributed by atoms with van der Waals surface area (Å²) in [5.74, 6) is 0.414. The zero-order valence-corrected chi connectivity index (χ0v) is 19.4. The monoisotopic (exact) mass is 491 g/mol. The van der Waals surface area contributed by atoms with Gasteiger partial charge in [-0.05, 0) is 61.2 Å². The number of nitrogens with one attached hydrogen (secondary N) is 2. The molecule has 0 aromatic heterocycles. The van der Waals surface area contributed by atoms with E-state index in [0.717, 1.165) is 23.4 Å². The van der Waals surface area contributed by atoms with Gasteiger partial charge in [-0.15, -0.1) is 0 Å². The molecule has 0 bridgehead atoms. The van der Waals surface area contributed by atoms with Crippen LogP contribution < -0.4 is 15.5 Å². The molecule has 2 aliphatic heterocycles. The van der Waals surface area contributed by atoms with Crippen LogP contribution in [0.2, 0.25) is 0 Å². The zero-order valence-electron chi connectivity index (χ0n) is 18.6. The lowest BCUT2D eigenvalue weighted by Gasteiger charge is -2.35. The molecule has 2 N–H and O–H groups in total. The van der Waals surface area contributed by atoms with Gasteiger partial charge >= 0.3 is 6.09 Å². The molecule has 4 rings (SSSR count). The lowest BCUT2D eigenvalue weighted by atomic mass is 9.93. The van der Waals surface area contributed by atoms with Crippen molar-refractivity contribution < 1.29 is 31.9 Å². The SMILES string of the molecule is COc1cccc(CCNC(=O)OC2=CC3(CCN(S(=O)(=O)c4ccc(F)cc4)CC3)ON2)c1. The molecule has 1 fully saturated rings. The van der Waals surface area contributed by atoms with Crippen molar-refractivity contribution in [1.82, 2.24) is 15.1 Å². The van der Waals surface area contributed by atoms with Crippen LogP contribution in [-0.2, 0) is 26.0 Å². The third-order valence-electron chi connectivity index (χ3n) is 5.79. The Morgan fingerprint density at radius 1 is 1.21 bits per heavy atom. The predicted octanol–water partition coefficient (Wildman–Crippen LogP) is 2.70. The molecule has 2 aromatic rings. The summed E-state index contributed by atoms with van der Waals surface area (Å²) in [6.07, 6.45) is 2.38. The molecule has 0 radical (unpaired) electrons. The number of piperidine rings is 1. The van der Waals surface area contributed by atoms with Crippen molar-refractivity contribution in [2.45, 2.75) is 29.8 Å². The van der Waals surface area contributed by atoms with E-state index in [1.807, 2.05) is 24.3 Å². The number of halogens is 1. The van der Waals surface area contributed by atoms with E-state index in [-0.39, 0.29) is 23.9 Å². The van der Waals surface area contributed by atoms with Crippen LogP contribution >= 0.6 is 0 Å². The summed E-state index contributed by atoms with van der Waals surface area (Å²) in [6.45, 7) is 0.789. The van der Waals surface area contributed by atoms with Crippen molar-refractivity contribution in [3.8, 4) is 5.75 Å². The minimum atomic E-state index is -3.73. The first kappa shape index (κ1) is 24.0. The molecule has 2 heterocycles. The number of hydrogen-bond donors (Lipinski definition) is 2. The highest BCUT2D eigenvalue weighted by atomic mass is 32.2. The second-order valence-electron chi connectivity index (χ2n) is 8.05. The van der Waals surface area contributed by atoms with E-state index in [0.29, 0.717) is 25.8 Å². The van der Waals surface area contributed by atoms with Crippen LogP contribution in [-0.4, -0.2) is 51.2 Å². The van der Waals surface area contributed by atoms with Crippen LogP contribution in [0, 0.1) is 5.82 Å². The van der Waals surface area contributed by atoms with Gasteiger partial charge in [-0.1, -0.05) is 12.1 Å². The van der Waals surface area contributed by atoms with Gasteiger partial charge in [-0.2, -0.15) is 4.31 Å². The number of sulfonamides is 1. The van der Waals surface area contributed by atoms with E-state index in [9.17, 15) is 17.6 Å². The first-order valence-corrected chi connectivity index (χ1v) is 12.2. The number of methoxy groups -OCH3 is 1. The molecule has 34 heavy (non-hydrogen) atoms. The molecule has 0 unspecified atom stereocenters. The first-order chi connectivity index (χ1) is 16.3. The minimum absolute atomic E-state index is 0.0421. The summed E-state index contributed by atoms with van der Waals surface area (Å²) < 4.78 is 50.5. The van der Waals surface area contributed by atoms with Crippen LogP contribution in [0.3, 0.4) is 0 Å². The number of rotatable bonds is 7. The van der Waals surface area contributed by atoms with Crippen molar-refractivity contribution in [3.63, 3.8) is 0 Å². The summed E-state index contributed by atoms with van der Waals surface area (Å²) in [7, 11) is -2.13. The number of ether oxygens (including phenoxy) is 2. The quantitative estimate of drug-likeness (QED) is 0.613. The minimum Gasteiger partial charge on any atom is -0.497 e. The largest absolute Gasteiger partial charge is 0.497 e. The number of alkyl carbamates (subject to hydrolysis) is 1. The summed E-state index contributed by atoms with van der Waals surface area (Å²) in [6, 6.07) is 12.3. The van der Waals surface area contributed by atoms with E-state index in [1.54, 1.807) is 13.2 Å². The topological polar surface area (TPSA) is 106 Å². The number of nitrogens with zero attached hydrogens (tertiary/aromatic N) is 1. The van der Waals surface area contributed by atoms with Crippen LogP contribution in [0.1, 0.15) is 18.4 Å². The Balaban J connectivity index is 1.27. The van der Waals surface area contributed by atoms with Gasteiger partial charge in [0.15, 0.2) is 0 Å². The van der Waals surface area contributed by atoms with E-state index in [4.69, 9.17) is 14.3 Å². The Morgan fingerprint density at radius 3 is 2.65 bits per heavy atom. The molecule has 182 valence electrons. The van der Waals surface area contributed by atoms with Gasteiger partial charge in [0.1, 0.15) is 17.2 Å². The van der Waals surface area contributed by atoms with E-state index in [2.05, 4.69) is 10.8 Å². The summed E-state index contributed by atoms with van der Waals surface area (Å²) in [4.78, 5) is 17.8. The van der Waals surface area contributed by atoms with Crippen molar-refractivity contribution in [1.29, 1.82) is 0 Å². The molecule has 2 aliphatic rings. The fourth-order valence-electron chi connectivity index (χ4n) is 3.88. The third kappa shape index (κ3) is 5.49. The van der Waals surface area contributed by atoms with Gasteiger partial charge in [0.25, 0.3) is 0 Å². The Labute approximate surface area is 197 Å². The average Bonchev–Trinajstić information content (AvgIpc) is 3.21. The van der Waals surface area contributed by atoms with Gasteiger partial charge < -0.3 is 14.8 Å². The maximum absolute atomic E-state index is 13.1. The van der Waals surface area contributed by atoms with Gasteiger partial charge in [-0.3, -0.25) is 4.84 Å². The first-order valence-electron chi connectivity index (χ1n) is 10.8. The number of hydrogen-bond acceptors (Lipinski definition) is 7. The van der Waals surface area contributed by atoms with Crippen molar-refractivity contribution in [2.24, 2.45) is 0 Å². The Hall–Kier alpha value is -3.15. The van der Waals surface area contributed by atoms with Gasteiger partial charge in [0, 0.05) is 25.7 Å². The molecule has 0 aliphatic carbocycles. The molecule has 0 saturated carbocycles. The van der Waals surface area contributed by atoms with Crippen LogP contribution in [0.15, 0.2) is 65.4 Å². The lowest BCUT2D eigenvalue weighted by molar-refractivity contribution is -0.0729. The third-order valence-corrected chi connectivity index (χ3v) is 7.70. The second kappa shape index (κ2) is 10.00. The second-order valence-corrected chi connectivity index (χ2v) is 9.99. The number of hydroxylamine groups is 1. The number of amides is 1. The maximum Gasteiger partial charge on any atom is 0.413 e. The molecular weight excluding hydrogens is 465 g/mol. The Bertz CT molecular complexity index is 1160. The molecule has 1 saturated heterocycles. The molecule has 0 atom stereocenters. The summed E-state index contributed by atoms with van der Waals surface area (Å²) in [5, 5.41) is 2.68. The van der Waals surface area contributed by atoms with Gasteiger partial charge in [-0.25, -0.2) is 23.1 Å². The van der Waals surface area contributed by atoms with Crippen molar-refractivity contribution in [2.75, 3.05) is 26.7 Å². The highest BCUT2D eigenvalue weighted by Crippen LogP contribution is 2.34. The Kier molecular flexibility index (Phi) is 7.05. The van der Waals surface area contributed by atoms with E-state index >= 15 is 0 Å². The van der Waals surface area contributed by atoms with Crippen LogP contribution in [0.4, 0.5) is 9.18 Å². The Morgan fingerprint density at radius 2 is 1.94 bits per heavy atom. The molecule has 2 aromatic carbocycles. The highest BCUT2D eigenvalue weighted by Gasteiger charge is 2.42. The number of carbonyl (C=O) groups is 1. The number of benzene rings is 2. The fraction of sp³-hybridized carbons (Fsp3) is 0.348. The van der Waals surface area contributed by atoms with Crippen LogP contribution in [0.5, 0.6) is 5.75 Å². The van der Waals surface area contributed by atoms with E-state index in [1.165, 1.54) is 16.4 Å². The maximum atomic E-state index is 13.1. The zero-order chi connectivity index (χ0) is 24.2. The smallest absolute Gasteiger partial charge is 0.413 e. The number of carbonyl (C=O) groups excluding carboxylic acids is 1. The normalized spacial score (nSPS) is 17.6. The molecular formula is C23H26FN3O6S. The van der Waals surface area contributed by atoms with Gasteiger partial charge in [0.05, 0.1) is 12.0 Å². The summed E-state index contributed by atoms with van der Waals surface area (Å²) in [5.41, 5.74) is 2.86. The fourth-order valence-corrected chi connectivity index (χ4v) is 5.32. The summed E-state index contributed by atoms with van der Waals surface area (Å²) >= 11 is 0. The van der Waals surface area contributed by atoms with Crippen molar-refractivity contribution in [3.05, 3.63) is 71.9 Å². The average molecular weight is 492 g/mol. The molecule has 11 heteroatoms. The van der Waals surface area contributed by atoms with Gasteiger partial charge in [0.2, 0.25) is 15.9 Å².